The van der Waals surface area contributed by atoms with E-state index in [2.05, 4.69) is 0 Å². The van der Waals surface area contributed by atoms with Crippen molar-refractivity contribution >= 4 is 0 Å². The molecule has 2 saturated heterocycles. The van der Waals surface area contributed by atoms with Crippen LogP contribution in [-0.2, 0) is 30.3 Å². The number of aliphatic hydroxyl groups is 1. The second-order valence-corrected chi connectivity index (χ2v) is 7.07. The molecule has 29 heavy (non-hydrogen) atoms. The summed E-state index contributed by atoms with van der Waals surface area (Å²) in [6, 6.07) is 17.3. The predicted octanol–water partition coefficient (Wildman–Crippen LogP) is 2.43. The number of aliphatic hydroxyl groups excluding tert-OH is 1. The Bertz CT molecular complexity index is 766. The Kier molecular flexibility index (Phi) is 6.44. The Balaban J connectivity index is 1.49. The summed E-state index contributed by atoms with van der Waals surface area (Å²) >= 11 is 0. The molecule has 0 aromatic heterocycles. The molecular weight excluding hydrogens is 376 g/mol. The first-order chi connectivity index (χ1) is 14.2. The molecule has 7 nitrogen and oxygen atoms in total. The summed E-state index contributed by atoms with van der Waals surface area (Å²) in [4.78, 5) is 0. The maximum atomic E-state index is 10.8. The van der Waals surface area contributed by atoms with Crippen LogP contribution in [0, 0.1) is 0 Å². The van der Waals surface area contributed by atoms with Crippen LogP contribution in [0.4, 0.5) is 0 Å². The lowest BCUT2D eigenvalue weighted by Crippen LogP contribution is -2.62. The third kappa shape index (κ3) is 4.45. The highest BCUT2D eigenvalue weighted by Crippen LogP contribution is 2.35. The lowest BCUT2D eigenvalue weighted by molar-refractivity contribution is -0.363. The molecule has 0 aliphatic carbocycles. The minimum absolute atomic E-state index is 0.311. The third-order valence-electron chi connectivity index (χ3n) is 5.21. The van der Waals surface area contributed by atoms with Gasteiger partial charge in [-0.1, -0.05) is 42.5 Å². The van der Waals surface area contributed by atoms with Crippen molar-refractivity contribution in [3.8, 4) is 5.75 Å². The predicted molar refractivity (Wildman–Crippen MR) is 103 cm³/mol. The summed E-state index contributed by atoms with van der Waals surface area (Å²) in [5.74, 6) is 0.776. The quantitative estimate of drug-likeness (QED) is 0.795. The minimum Gasteiger partial charge on any atom is -0.497 e. The number of hydrogen-bond acceptors (Lipinski definition) is 7. The molecule has 2 aromatic carbocycles. The first kappa shape index (κ1) is 20.3. The van der Waals surface area contributed by atoms with Crippen molar-refractivity contribution in [1.82, 2.24) is 0 Å². The zero-order chi connectivity index (χ0) is 20.2. The fraction of sp³-hybridized carbons (Fsp3) is 0.455. The standard InChI is InChI=1S/C22H26O7/c1-24-16-10-8-14(9-11-16)12-26-20-18(23)22(25-2)28-17-13-27-21(29-19(17)20)15-6-4-3-5-7-15/h3-11,17-23H,12-13H2,1-2H3/t17-,18+,19-,20-,21?,22+/m1/s1. The number of benzene rings is 2. The Morgan fingerprint density at radius 3 is 2.45 bits per heavy atom. The van der Waals surface area contributed by atoms with Gasteiger partial charge in [-0.15, -0.1) is 0 Å². The summed E-state index contributed by atoms with van der Waals surface area (Å²) in [5.41, 5.74) is 1.87. The molecule has 0 radical (unpaired) electrons. The molecule has 0 bridgehead atoms. The summed E-state index contributed by atoms with van der Waals surface area (Å²) in [5, 5.41) is 10.8. The molecule has 1 N–H and O–H groups in total. The van der Waals surface area contributed by atoms with Crippen molar-refractivity contribution in [2.24, 2.45) is 0 Å². The van der Waals surface area contributed by atoms with E-state index in [9.17, 15) is 5.11 Å². The Labute approximate surface area is 170 Å². The van der Waals surface area contributed by atoms with E-state index in [1.54, 1.807) is 7.11 Å². The van der Waals surface area contributed by atoms with Crippen molar-refractivity contribution in [2.75, 3.05) is 20.8 Å². The van der Waals surface area contributed by atoms with Crippen LogP contribution in [-0.4, -0.2) is 56.6 Å². The fourth-order valence-electron chi connectivity index (χ4n) is 3.64. The van der Waals surface area contributed by atoms with E-state index in [0.29, 0.717) is 13.2 Å². The van der Waals surface area contributed by atoms with E-state index in [-0.39, 0.29) is 0 Å². The van der Waals surface area contributed by atoms with E-state index >= 15 is 0 Å². The number of ether oxygens (including phenoxy) is 6. The number of rotatable bonds is 6. The molecule has 2 aliphatic rings. The summed E-state index contributed by atoms with van der Waals surface area (Å²) in [6.45, 7) is 0.630. The number of hydrogen-bond donors (Lipinski definition) is 1. The van der Waals surface area contributed by atoms with Gasteiger partial charge in [0.25, 0.3) is 0 Å². The monoisotopic (exact) mass is 402 g/mol. The molecular formula is C22H26O7. The highest BCUT2D eigenvalue weighted by molar-refractivity contribution is 5.26. The van der Waals surface area contributed by atoms with Gasteiger partial charge in [0.05, 0.1) is 20.3 Å². The van der Waals surface area contributed by atoms with E-state index < -0.39 is 37.0 Å². The molecule has 2 heterocycles. The van der Waals surface area contributed by atoms with Gasteiger partial charge < -0.3 is 33.5 Å². The van der Waals surface area contributed by atoms with Crippen molar-refractivity contribution in [3.05, 3.63) is 65.7 Å². The molecule has 0 amide bonds. The lowest BCUT2D eigenvalue weighted by atomic mass is 9.97. The Hall–Kier alpha value is -2.00. The second-order valence-electron chi connectivity index (χ2n) is 7.07. The van der Waals surface area contributed by atoms with Crippen molar-refractivity contribution in [3.63, 3.8) is 0 Å². The van der Waals surface area contributed by atoms with Gasteiger partial charge in [0.1, 0.15) is 30.2 Å². The van der Waals surface area contributed by atoms with Gasteiger partial charge in [-0.05, 0) is 17.7 Å². The van der Waals surface area contributed by atoms with Gasteiger partial charge in [-0.3, -0.25) is 0 Å². The fourth-order valence-corrected chi connectivity index (χ4v) is 3.64. The first-order valence-corrected chi connectivity index (χ1v) is 9.62. The summed E-state index contributed by atoms with van der Waals surface area (Å²) in [7, 11) is 3.12. The largest absolute Gasteiger partial charge is 0.497 e. The molecule has 156 valence electrons. The van der Waals surface area contributed by atoms with Crippen LogP contribution in [0.3, 0.4) is 0 Å². The van der Waals surface area contributed by atoms with Gasteiger partial charge in [-0.2, -0.15) is 0 Å². The first-order valence-electron chi connectivity index (χ1n) is 9.62. The van der Waals surface area contributed by atoms with Crippen LogP contribution in [0.2, 0.25) is 0 Å². The zero-order valence-electron chi connectivity index (χ0n) is 16.5. The second kappa shape index (κ2) is 9.21. The molecule has 0 spiro atoms. The van der Waals surface area contributed by atoms with E-state index in [1.165, 1.54) is 7.11 Å². The van der Waals surface area contributed by atoms with E-state index in [0.717, 1.165) is 16.9 Å². The minimum atomic E-state index is -0.992. The Morgan fingerprint density at radius 2 is 1.76 bits per heavy atom. The smallest absolute Gasteiger partial charge is 0.186 e. The topological polar surface area (TPSA) is 75.6 Å². The van der Waals surface area contributed by atoms with Crippen molar-refractivity contribution in [1.29, 1.82) is 0 Å². The third-order valence-corrected chi connectivity index (χ3v) is 5.21. The zero-order valence-corrected chi connectivity index (χ0v) is 16.5. The Morgan fingerprint density at radius 1 is 1.00 bits per heavy atom. The highest BCUT2D eigenvalue weighted by Gasteiger charge is 2.50. The van der Waals surface area contributed by atoms with Crippen molar-refractivity contribution < 1.29 is 33.5 Å². The van der Waals surface area contributed by atoms with Crippen LogP contribution in [0.25, 0.3) is 0 Å². The highest BCUT2D eigenvalue weighted by atomic mass is 16.8. The van der Waals surface area contributed by atoms with Gasteiger partial charge in [-0.25, -0.2) is 0 Å². The molecule has 2 fully saturated rings. The summed E-state index contributed by atoms with van der Waals surface area (Å²) < 4.78 is 34.4. The van der Waals surface area contributed by atoms with Gasteiger partial charge in [0.2, 0.25) is 0 Å². The van der Waals surface area contributed by atoms with Crippen LogP contribution in [0.15, 0.2) is 54.6 Å². The van der Waals surface area contributed by atoms with Crippen LogP contribution in [0.1, 0.15) is 17.4 Å². The van der Waals surface area contributed by atoms with Crippen LogP contribution >= 0.6 is 0 Å². The molecule has 6 atom stereocenters. The van der Waals surface area contributed by atoms with Gasteiger partial charge >= 0.3 is 0 Å². The number of fused-ring (bicyclic) bond motifs is 1. The average Bonchev–Trinajstić information content (AvgIpc) is 2.78. The maximum absolute atomic E-state index is 10.8. The maximum Gasteiger partial charge on any atom is 0.186 e. The van der Waals surface area contributed by atoms with Crippen molar-refractivity contribution in [2.45, 2.75) is 43.6 Å². The van der Waals surface area contributed by atoms with Crippen LogP contribution < -0.4 is 4.74 Å². The number of methoxy groups -OCH3 is 2. The molecule has 0 saturated carbocycles. The summed E-state index contributed by atoms with van der Waals surface area (Å²) in [6.07, 6.45) is -3.86. The SMILES string of the molecule is COc1ccc(CO[C@@H]2[C@H](O)[C@@H](OC)O[C@@H]3COC(c4ccccc4)O[C@@H]23)cc1. The van der Waals surface area contributed by atoms with Gasteiger partial charge in [0.15, 0.2) is 12.6 Å². The molecule has 2 aromatic rings. The molecule has 2 aliphatic heterocycles. The van der Waals surface area contributed by atoms with Gasteiger partial charge in [0, 0.05) is 12.7 Å². The average molecular weight is 402 g/mol. The van der Waals surface area contributed by atoms with E-state index in [1.807, 2.05) is 54.6 Å². The molecule has 4 rings (SSSR count). The lowest BCUT2D eigenvalue weighted by Gasteiger charge is -2.47. The normalized spacial score (nSPS) is 31.8. The molecule has 1 unspecified atom stereocenters. The van der Waals surface area contributed by atoms with Crippen LogP contribution in [0.5, 0.6) is 5.75 Å². The molecule has 7 heteroatoms. The van der Waals surface area contributed by atoms with E-state index in [4.69, 9.17) is 28.4 Å².